The van der Waals surface area contributed by atoms with E-state index in [4.69, 9.17) is 4.42 Å². The van der Waals surface area contributed by atoms with Crippen molar-refractivity contribution < 1.29 is 35.2 Å². The Kier molecular flexibility index (Phi) is 5.95. The van der Waals surface area contributed by atoms with Gasteiger partial charge in [-0.15, -0.1) is 0 Å². The van der Waals surface area contributed by atoms with Crippen molar-refractivity contribution in [3.8, 4) is 11.3 Å². The zero-order valence-electron chi connectivity index (χ0n) is 18.7. The van der Waals surface area contributed by atoms with Gasteiger partial charge in [-0.2, -0.15) is 28.1 Å². The number of rotatable bonds is 7. The molecule has 9 nitrogen and oxygen atoms in total. The van der Waals surface area contributed by atoms with Crippen molar-refractivity contribution >= 4 is 26.9 Å². The second-order valence-corrected chi connectivity index (χ2v) is 10.1. The molecule has 1 amide bonds. The van der Waals surface area contributed by atoms with E-state index in [1.54, 1.807) is 0 Å². The summed E-state index contributed by atoms with van der Waals surface area (Å²) < 4.78 is 85.0. The molecule has 0 aliphatic heterocycles. The van der Waals surface area contributed by atoms with E-state index in [0.29, 0.717) is 11.1 Å². The molecule has 1 saturated carbocycles. The zero-order valence-corrected chi connectivity index (χ0v) is 19.5. The van der Waals surface area contributed by atoms with E-state index in [1.807, 2.05) is 0 Å². The summed E-state index contributed by atoms with van der Waals surface area (Å²) in [5, 5.41) is 10.2. The first kappa shape index (κ1) is 24.8. The van der Waals surface area contributed by atoms with Gasteiger partial charge in [-0.1, -0.05) is 0 Å². The minimum Gasteiger partial charge on any atom is -0.443 e. The molecule has 192 valence electrons. The number of halogens is 4. The summed E-state index contributed by atoms with van der Waals surface area (Å²) in [7, 11) is -4.22. The van der Waals surface area contributed by atoms with E-state index in [2.05, 4.69) is 25.2 Å². The molecular weight excluding hydrogens is 518 g/mol. The maximum absolute atomic E-state index is 13.4. The fourth-order valence-electron chi connectivity index (χ4n) is 3.64. The molecule has 0 spiro atoms. The minimum atomic E-state index is -4.57. The largest absolute Gasteiger partial charge is 0.443 e. The van der Waals surface area contributed by atoms with E-state index >= 15 is 0 Å². The van der Waals surface area contributed by atoms with E-state index < -0.39 is 44.2 Å². The third-order valence-electron chi connectivity index (χ3n) is 5.75. The van der Waals surface area contributed by atoms with E-state index in [9.17, 15) is 30.8 Å². The average Bonchev–Trinajstić information content (AvgIpc) is 3.49. The van der Waals surface area contributed by atoms with Crippen LogP contribution in [0.15, 0.2) is 64.4 Å². The molecule has 1 aliphatic rings. The van der Waals surface area contributed by atoms with Crippen molar-refractivity contribution in [1.82, 2.24) is 25.2 Å². The third-order valence-corrected chi connectivity index (χ3v) is 7.14. The van der Waals surface area contributed by atoms with Gasteiger partial charge in [0.1, 0.15) is 22.6 Å². The number of hydrogen-bond donors (Lipinski definition) is 2. The molecule has 0 unspecified atom stereocenters. The summed E-state index contributed by atoms with van der Waals surface area (Å²) in [5.41, 5.74) is -1.21. The van der Waals surface area contributed by atoms with Crippen molar-refractivity contribution in [2.75, 3.05) is 0 Å². The number of alkyl halides is 3. The predicted octanol–water partition coefficient (Wildman–Crippen LogP) is 3.57. The average molecular weight is 535 g/mol. The van der Waals surface area contributed by atoms with Crippen molar-refractivity contribution in [2.24, 2.45) is 0 Å². The number of nitrogens with one attached hydrogen (secondary N) is 2. The molecule has 3 aromatic heterocycles. The molecule has 2 N–H and O–H groups in total. The fraction of sp³-hybridized carbons (Fsp3) is 0.217. The third kappa shape index (κ3) is 5.15. The predicted molar refractivity (Wildman–Crippen MR) is 121 cm³/mol. The monoisotopic (exact) mass is 535 g/mol. The number of hydrogen-bond acceptors (Lipinski definition) is 7. The summed E-state index contributed by atoms with van der Waals surface area (Å²) in [5.74, 6) is -1.13. The standard InChI is InChI=1S/C23H17F4N5O4S/c24-16-2-3-18-15(8-16)9-20(36-18)37(34,35)32-22(5-6-22)21(33)29-10-13-7-17(31-30-11-13)14-1-4-19(28-12-14)23(25,26)27/h1-4,7-9,11-12,32H,5-6,10H2,(H,29,33). The number of carbonyl (C=O) groups excluding carboxylic acids is 1. The van der Waals surface area contributed by atoms with Gasteiger partial charge in [0, 0.05) is 29.8 Å². The van der Waals surface area contributed by atoms with E-state index in [-0.39, 0.29) is 36.0 Å². The highest BCUT2D eigenvalue weighted by Crippen LogP contribution is 2.38. The first-order valence-corrected chi connectivity index (χ1v) is 12.3. The van der Waals surface area contributed by atoms with Gasteiger partial charge in [-0.25, -0.2) is 12.8 Å². The summed E-state index contributed by atoms with van der Waals surface area (Å²) >= 11 is 0. The smallest absolute Gasteiger partial charge is 0.433 e. The quantitative estimate of drug-likeness (QED) is 0.347. The summed E-state index contributed by atoms with van der Waals surface area (Å²) in [6.45, 7) is -0.0389. The van der Waals surface area contributed by atoms with Gasteiger partial charge in [-0.05, 0) is 54.8 Å². The van der Waals surface area contributed by atoms with E-state index in [0.717, 1.165) is 24.4 Å². The molecule has 3 heterocycles. The first-order valence-electron chi connectivity index (χ1n) is 10.8. The lowest BCUT2D eigenvalue weighted by atomic mass is 10.1. The number of amides is 1. The Hall–Kier alpha value is -3.91. The first-order chi connectivity index (χ1) is 17.5. The summed E-state index contributed by atoms with van der Waals surface area (Å²) in [6, 6.07) is 8.31. The van der Waals surface area contributed by atoms with Crippen molar-refractivity contribution in [1.29, 1.82) is 0 Å². The summed E-state index contributed by atoms with van der Waals surface area (Å²) in [4.78, 5) is 16.2. The number of fused-ring (bicyclic) bond motifs is 1. The van der Waals surface area contributed by atoms with Crippen LogP contribution < -0.4 is 10.0 Å². The molecule has 0 bridgehead atoms. The highest BCUT2D eigenvalue weighted by molar-refractivity contribution is 7.89. The van der Waals surface area contributed by atoms with Crippen LogP contribution in [0.3, 0.4) is 0 Å². The van der Waals surface area contributed by atoms with Gasteiger partial charge >= 0.3 is 6.18 Å². The van der Waals surface area contributed by atoms with Crippen LogP contribution in [-0.2, 0) is 27.5 Å². The molecule has 1 aliphatic carbocycles. The number of aromatic nitrogens is 3. The number of carbonyl (C=O) groups is 1. The van der Waals surface area contributed by atoms with Crippen LogP contribution in [0.5, 0.6) is 0 Å². The van der Waals surface area contributed by atoms with Gasteiger partial charge in [-0.3, -0.25) is 9.78 Å². The highest BCUT2D eigenvalue weighted by Gasteiger charge is 2.53. The second-order valence-electron chi connectivity index (χ2n) is 8.50. The maximum Gasteiger partial charge on any atom is 0.433 e. The Morgan fingerprint density at radius 1 is 1.08 bits per heavy atom. The zero-order chi connectivity index (χ0) is 26.4. The normalized spacial score (nSPS) is 15.0. The molecular formula is C23H17F4N5O4S. The van der Waals surface area contributed by atoms with Crippen LogP contribution >= 0.6 is 0 Å². The van der Waals surface area contributed by atoms with Crippen LogP contribution in [-0.4, -0.2) is 35.0 Å². The Morgan fingerprint density at radius 3 is 2.54 bits per heavy atom. The molecule has 5 rings (SSSR count). The SMILES string of the molecule is O=C(NCc1cnnc(-c2ccc(C(F)(F)F)nc2)c1)C1(NS(=O)(=O)c2cc3cc(F)ccc3o2)CC1. The lowest BCUT2D eigenvalue weighted by Crippen LogP contribution is -2.48. The molecule has 1 fully saturated rings. The topological polar surface area (TPSA) is 127 Å². The van der Waals surface area contributed by atoms with Gasteiger partial charge in [0.25, 0.3) is 10.0 Å². The Labute approximate surface area is 207 Å². The molecule has 37 heavy (non-hydrogen) atoms. The van der Waals surface area contributed by atoms with Crippen molar-refractivity contribution in [2.45, 2.75) is 36.2 Å². The Bertz CT molecular complexity index is 1600. The van der Waals surface area contributed by atoms with Gasteiger partial charge in [0.05, 0.1) is 11.9 Å². The number of pyridine rings is 1. The maximum atomic E-state index is 13.4. The van der Waals surface area contributed by atoms with Crippen molar-refractivity contribution in [3.63, 3.8) is 0 Å². The number of nitrogens with zero attached hydrogens (tertiary/aromatic N) is 3. The Morgan fingerprint density at radius 2 is 1.86 bits per heavy atom. The highest BCUT2D eigenvalue weighted by atomic mass is 32.2. The van der Waals surface area contributed by atoms with Gasteiger partial charge < -0.3 is 9.73 Å². The lowest BCUT2D eigenvalue weighted by molar-refractivity contribution is -0.141. The molecule has 0 saturated heterocycles. The summed E-state index contributed by atoms with van der Waals surface area (Å²) in [6.07, 6.45) is -1.68. The van der Waals surface area contributed by atoms with Crippen LogP contribution in [0.25, 0.3) is 22.2 Å². The number of furan rings is 1. The molecule has 0 radical (unpaired) electrons. The van der Waals surface area contributed by atoms with Crippen LogP contribution in [0.4, 0.5) is 17.6 Å². The van der Waals surface area contributed by atoms with Crippen LogP contribution in [0.1, 0.15) is 24.1 Å². The molecule has 1 aromatic carbocycles. The Balaban J connectivity index is 1.26. The molecule has 0 atom stereocenters. The van der Waals surface area contributed by atoms with Crippen LogP contribution in [0, 0.1) is 5.82 Å². The fourth-order valence-corrected chi connectivity index (χ4v) is 5.03. The minimum absolute atomic E-state index is 0.0389. The van der Waals surface area contributed by atoms with Crippen LogP contribution in [0.2, 0.25) is 0 Å². The molecule has 14 heteroatoms. The number of sulfonamides is 1. The van der Waals surface area contributed by atoms with Gasteiger partial charge in [0.2, 0.25) is 11.0 Å². The number of benzene rings is 1. The molecule has 4 aromatic rings. The van der Waals surface area contributed by atoms with E-state index in [1.165, 1.54) is 30.5 Å². The second kappa shape index (κ2) is 8.88. The van der Waals surface area contributed by atoms with Gasteiger partial charge in [0.15, 0.2) is 0 Å². The van der Waals surface area contributed by atoms with Crippen molar-refractivity contribution in [3.05, 3.63) is 71.9 Å². The lowest BCUT2D eigenvalue weighted by Gasteiger charge is -2.16.